The topological polar surface area (TPSA) is 120 Å². The van der Waals surface area contributed by atoms with Crippen LogP contribution in [0.25, 0.3) is 10.9 Å². The molecule has 1 aromatic carbocycles. The SMILES string of the molecule is CC(C(=O)NCc1nccs1)n1cnc2cc([N+](=O)[O-])ccc2c1=O. The Hall–Kier alpha value is -3.14. The maximum atomic E-state index is 12.6. The van der Waals surface area contributed by atoms with Crippen molar-refractivity contribution in [1.29, 1.82) is 0 Å². The predicted molar refractivity (Wildman–Crippen MR) is 91.3 cm³/mol. The van der Waals surface area contributed by atoms with E-state index < -0.39 is 16.5 Å². The van der Waals surface area contributed by atoms with Crippen molar-refractivity contribution < 1.29 is 9.72 Å². The van der Waals surface area contributed by atoms with Crippen LogP contribution in [0, 0.1) is 10.1 Å². The van der Waals surface area contributed by atoms with Crippen molar-refractivity contribution in [2.75, 3.05) is 0 Å². The first-order valence-electron chi connectivity index (χ1n) is 7.28. The molecule has 25 heavy (non-hydrogen) atoms. The van der Waals surface area contributed by atoms with Gasteiger partial charge in [0.25, 0.3) is 11.2 Å². The number of benzene rings is 1. The minimum atomic E-state index is -0.778. The summed E-state index contributed by atoms with van der Waals surface area (Å²) in [4.78, 5) is 43.2. The van der Waals surface area contributed by atoms with E-state index in [1.807, 2.05) is 5.38 Å². The number of carbonyl (C=O) groups is 1. The molecule has 1 amide bonds. The molecule has 0 aliphatic heterocycles. The number of aromatic nitrogens is 3. The molecule has 1 unspecified atom stereocenters. The van der Waals surface area contributed by atoms with Gasteiger partial charge >= 0.3 is 0 Å². The minimum Gasteiger partial charge on any atom is -0.348 e. The highest BCUT2D eigenvalue weighted by Gasteiger charge is 2.18. The lowest BCUT2D eigenvalue weighted by Gasteiger charge is -2.14. The van der Waals surface area contributed by atoms with Crippen molar-refractivity contribution in [3.05, 3.63) is 61.6 Å². The first-order chi connectivity index (χ1) is 12.0. The zero-order chi connectivity index (χ0) is 18.0. The normalized spacial score (nSPS) is 12.0. The molecule has 2 heterocycles. The van der Waals surface area contributed by atoms with Crippen molar-refractivity contribution in [1.82, 2.24) is 19.9 Å². The molecule has 3 rings (SSSR count). The van der Waals surface area contributed by atoms with E-state index in [0.717, 1.165) is 5.01 Å². The van der Waals surface area contributed by atoms with E-state index in [1.165, 1.54) is 40.4 Å². The highest BCUT2D eigenvalue weighted by Crippen LogP contribution is 2.17. The Labute approximate surface area is 145 Å². The van der Waals surface area contributed by atoms with E-state index in [-0.39, 0.29) is 29.0 Å². The summed E-state index contributed by atoms with van der Waals surface area (Å²) in [6.45, 7) is 1.86. The predicted octanol–water partition coefficient (Wildman–Crippen LogP) is 1.64. The van der Waals surface area contributed by atoms with E-state index in [1.54, 1.807) is 13.1 Å². The number of non-ortho nitro benzene ring substituents is 1. The maximum absolute atomic E-state index is 12.6. The van der Waals surface area contributed by atoms with E-state index >= 15 is 0 Å². The molecule has 0 fully saturated rings. The lowest BCUT2D eigenvalue weighted by atomic mass is 10.2. The highest BCUT2D eigenvalue weighted by molar-refractivity contribution is 7.09. The number of nitrogens with one attached hydrogen (secondary N) is 1. The number of thiazole rings is 1. The minimum absolute atomic E-state index is 0.147. The van der Waals surface area contributed by atoms with Gasteiger partial charge in [-0.05, 0) is 13.0 Å². The Morgan fingerprint density at radius 3 is 2.92 bits per heavy atom. The van der Waals surface area contributed by atoms with Gasteiger partial charge in [-0.15, -0.1) is 11.3 Å². The number of nitrogens with zero attached hydrogens (tertiary/aromatic N) is 4. The third kappa shape index (κ3) is 3.38. The lowest BCUT2D eigenvalue weighted by Crippen LogP contribution is -2.35. The Balaban J connectivity index is 1.86. The van der Waals surface area contributed by atoms with Crippen LogP contribution >= 0.6 is 11.3 Å². The fourth-order valence-corrected chi connectivity index (χ4v) is 2.85. The van der Waals surface area contributed by atoms with Crippen LogP contribution in [0.1, 0.15) is 18.0 Å². The number of hydrogen-bond donors (Lipinski definition) is 1. The van der Waals surface area contributed by atoms with Gasteiger partial charge in [-0.25, -0.2) is 9.97 Å². The van der Waals surface area contributed by atoms with Crippen molar-refractivity contribution in [3.63, 3.8) is 0 Å². The summed E-state index contributed by atoms with van der Waals surface area (Å²) in [6.07, 6.45) is 2.87. The molecule has 10 heteroatoms. The Bertz CT molecular complexity index is 999. The summed E-state index contributed by atoms with van der Waals surface area (Å²) in [7, 11) is 0. The van der Waals surface area contributed by atoms with Gasteiger partial charge in [0, 0.05) is 23.7 Å². The number of hydrogen-bond acceptors (Lipinski definition) is 7. The average Bonchev–Trinajstić information content (AvgIpc) is 3.12. The van der Waals surface area contributed by atoms with Crippen LogP contribution in [0.2, 0.25) is 0 Å². The second-order valence-electron chi connectivity index (χ2n) is 5.24. The van der Waals surface area contributed by atoms with Crippen molar-refractivity contribution >= 4 is 33.8 Å². The number of nitro groups is 1. The van der Waals surface area contributed by atoms with Crippen LogP contribution < -0.4 is 10.9 Å². The monoisotopic (exact) mass is 359 g/mol. The quantitative estimate of drug-likeness (QED) is 0.546. The molecular formula is C15H13N5O4S. The molecule has 0 saturated carbocycles. The molecule has 128 valence electrons. The van der Waals surface area contributed by atoms with Crippen LogP contribution in [0.3, 0.4) is 0 Å². The highest BCUT2D eigenvalue weighted by atomic mass is 32.1. The van der Waals surface area contributed by atoms with Crippen LogP contribution in [0.5, 0.6) is 0 Å². The molecule has 2 aromatic heterocycles. The number of carbonyl (C=O) groups excluding carboxylic acids is 1. The van der Waals surface area contributed by atoms with Crippen LogP contribution in [-0.2, 0) is 11.3 Å². The molecule has 0 saturated heterocycles. The van der Waals surface area contributed by atoms with Gasteiger partial charge in [-0.1, -0.05) is 0 Å². The van der Waals surface area contributed by atoms with E-state index in [2.05, 4.69) is 15.3 Å². The third-order valence-electron chi connectivity index (χ3n) is 3.67. The summed E-state index contributed by atoms with van der Waals surface area (Å²) in [5.41, 5.74) is -0.367. The second kappa shape index (κ2) is 6.77. The fraction of sp³-hybridized carbons (Fsp3) is 0.200. The largest absolute Gasteiger partial charge is 0.348 e. The molecule has 3 aromatic rings. The molecule has 0 aliphatic carbocycles. The first-order valence-corrected chi connectivity index (χ1v) is 8.16. The average molecular weight is 359 g/mol. The van der Waals surface area contributed by atoms with Gasteiger partial charge in [-0.2, -0.15) is 0 Å². The Kier molecular flexibility index (Phi) is 4.52. The smallest absolute Gasteiger partial charge is 0.271 e. The van der Waals surface area contributed by atoms with Crippen LogP contribution in [0.15, 0.2) is 40.9 Å². The van der Waals surface area contributed by atoms with Gasteiger partial charge in [0.1, 0.15) is 11.0 Å². The number of rotatable bonds is 5. The first kappa shape index (κ1) is 16.7. The summed E-state index contributed by atoms with van der Waals surface area (Å²) in [6, 6.07) is 3.04. The molecule has 9 nitrogen and oxygen atoms in total. The summed E-state index contributed by atoms with van der Waals surface area (Å²) >= 11 is 1.42. The standard InChI is InChI=1S/C15H13N5O4S/c1-9(14(21)17-7-13-16-4-5-25-13)19-8-18-12-6-10(20(23)24)2-3-11(12)15(19)22/h2-6,8-9H,7H2,1H3,(H,17,21). The molecule has 1 N–H and O–H groups in total. The molecule has 1 atom stereocenters. The van der Waals surface area contributed by atoms with Crippen molar-refractivity contribution in [2.45, 2.75) is 19.5 Å². The number of amides is 1. The zero-order valence-electron chi connectivity index (χ0n) is 13.1. The van der Waals surface area contributed by atoms with Crippen LogP contribution in [0.4, 0.5) is 5.69 Å². The van der Waals surface area contributed by atoms with Crippen LogP contribution in [-0.4, -0.2) is 25.4 Å². The molecular weight excluding hydrogens is 346 g/mol. The van der Waals surface area contributed by atoms with E-state index in [9.17, 15) is 19.7 Å². The Morgan fingerprint density at radius 2 is 2.24 bits per heavy atom. The fourth-order valence-electron chi connectivity index (χ4n) is 2.29. The summed E-state index contributed by atoms with van der Waals surface area (Å²) < 4.78 is 1.20. The van der Waals surface area contributed by atoms with Crippen molar-refractivity contribution in [3.8, 4) is 0 Å². The zero-order valence-corrected chi connectivity index (χ0v) is 13.9. The van der Waals surface area contributed by atoms with Gasteiger partial charge in [-0.3, -0.25) is 24.3 Å². The number of fused-ring (bicyclic) bond motifs is 1. The lowest BCUT2D eigenvalue weighted by molar-refractivity contribution is -0.384. The van der Waals surface area contributed by atoms with Gasteiger partial charge in [0.15, 0.2) is 0 Å². The molecule has 0 aliphatic rings. The number of nitro benzene ring substituents is 1. The van der Waals surface area contributed by atoms with Gasteiger partial charge in [0.2, 0.25) is 5.91 Å². The van der Waals surface area contributed by atoms with Gasteiger partial charge in [0.05, 0.1) is 28.7 Å². The Morgan fingerprint density at radius 1 is 1.44 bits per heavy atom. The maximum Gasteiger partial charge on any atom is 0.271 e. The van der Waals surface area contributed by atoms with E-state index in [0.29, 0.717) is 0 Å². The second-order valence-corrected chi connectivity index (χ2v) is 6.21. The molecule has 0 spiro atoms. The molecule has 0 bridgehead atoms. The molecule has 0 radical (unpaired) electrons. The van der Waals surface area contributed by atoms with E-state index in [4.69, 9.17) is 0 Å². The summed E-state index contributed by atoms with van der Waals surface area (Å²) in [5, 5.41) is 16.3. The van der Waals surface area contributed by atoms with Crippen molar-refractivity contribution in [2.24, 2.45) is 0 Å². The summed E-state index contributed by atoms with van der Waals surface area (Å²) in [5.74, 6) is -0.347. The van der Waals surface area contributed by atoms with Gasteiger partial charge < -0.3 is 5.32 Å². The third-order valence-corrected chi connectivity index (χ3v) is 4.45.